The number of hydrogen-bond donors (Lipinski definition) is 2. The third-order valence-electron chi connectivity index (χ3n) is 4.50. The third-order valence-corrected chi connectivity index (χ3v) is 4.50. The largest absolute Gasteiger partial charge is 0.486 e. The number of nitrogens with one attached hydrogen (secondary N) is 1. The number of ether oxygens (including phenoxy) is 1. The molecule has 0 aromatic heterocycles. The van der Waals surface area contributed by atoms with Gasteiger partial charge in [0.15, 0.2) is 0 Å². The molecule has 5 heteroatoms. The minimum atomic E-state index is -0.0361. The second kappa shape index (κ2) is 7.47. The van der Waals surface area contributed by atoms with Crippen molar-refractivity contribution in [1.29, 1.82) is 0 Å². The molecule has 132 valence electrons. The lowest BCUT2D eigenvalue weighted by molar-refractivity contribution is -0.115. The number of nitrogen functional groups attached to an aromatic ring is 1. The minimum Gasteiger partial charge on any atom is -0.486 e. The van der Waals surface area contributed by atoms with Gasteiger partial charge in [-0.1, -0.05) is 32.0 Å². The second-order valence-electron chi connectivity index (χ2n) is 6.31. The number of anilines is 3. The monoisotopic (exact) mass is 339 g/mol. The maximum Gasteiger partial charge on any atom is 0.243 e. The van der Waals surface area contributed by atoms with Crippen LogP contribution >= 0.6 is 0 Å². The summed E-state index contributed by atoms with van der Waals surface area (Å²) in [6, 6.07) is 13.5. The van der Waals surface area contributed by atoms with Crippen LogP contribution in [0, 0.1) is 0 Å². The van der Waals surface area contributed by atoms with E-state index in [0.717, 1.165) is 35.5 Å². The summed E-state index contributed by atoms with van der Waals surface area (Å²) in [5, 5.41) is 3.03. The number of carbonyl (C=O) groups excluding carboxylic acids is 1. The van der Waals surface area contributed by atoms with E-state index in [1.807, 2.05) is 47.4 Å². The zero-order valence-electron chi connectivity index (χ0n) is 14.8. The minimum absolute atomic E-state index is 0.0361. The molecule has 1 amide bonds. The highest BCUT2D eigenvalue weighted by molar-refractivity contribution is 5.95. The molecule has 1 aliphatic rings. The quantitative estimate of drug-likeness (QED) is 0.819. The second-order valence-corrected chi connectivity index (χ2v) is 6.31. The van der Waals surface area contributed by atoms with E-state index < -0.39 is 0 Å². The number of carbonyl (C=O) groups is 1. The highest BCUT2D eigenvalue weighted by Crippen LogP contribution is 2.35. The van der Waals surface area contributed by atoms with Crippen molar-refractivity contribution in [1.82, 2.24) is 0 Å². The van der Waals surface area contributed by atoms with Crippen molar-refractivity contribution >= 4 is 23.0 Å². The van der Waals surface area contributed by atoms with Gasteiger partial charge in [-0.05, 0) is 42.7 Å². The van der Waals surface area contributed by atoms with E-state index in [-0.39, 0.29) is 18.6 Å². The highest BCUT2D eigenvalue weighted by Gasteiger charge is 2.26. The molecule has 0 saturated heterocycles. The van der Waals surface area contributed by atoms with Crippen LogP contribution in [0.3, 0.4) is 0 Å². The molecule has 0 radical (unpaired) electrons. The normalized spacial score (nSPS) is 16.1. The number of hydrogen-bond acceptors (Lipinski definition) is 4. The van der Waals surface area contributed by atoms with Crippen molar-refractivity contribution in [3.05, 3.63) is 48.0 Å². The molecule has 2 aromatic carbocycles. The standard InChI is InChI=1S/C20H25N3O2/c1-3-14-7-5-6-8-17(14)22-20(24)13-23-12-16(4-2)25-19-10-9-15(21)11-18(19)23/h5-11,16H,3-4,12-13,21H2,1-2H3,(H,22,24). The van der Waals surface area contributed by atoms with Crippen LogP contribution in [0.5, 0.6) is 5.75 Å². The summed E-state index contributed by atoms with van der Waals surface area (Å²) in [4.78, 5) is 14.7. The lowest BCUT2D eigenvalue weighted by Crippen LogP contribution is -2.43. The molecule has 0 saturated carbocycles. The Labute approximate surface area is 148 Å². The van der Waals surface area contributed by atoms with Crippen LogP contribution < -0.4 is 20.7 Å². The molecular formula is C20H25N3O2. The van der Waals surface area contributed by atoms with E-state index in [2.05, 4.69) is 19.2 Å². The summed E-state index contributed by atoms with van der Waals surface area (Å²) >= 11 is 0. The average molecular weight is 339 g/mol. The zero-order chi connectivity index (χ0) is 17.8. The molecule has 1 heterocycles. The maximum absolute atomic E-state index is 12.6. The molecule has 25 heavy (non-hydrogen) atoms. The summed E-state index contributed by atoms with van der Waals surface area (Å²) in [5.41, 5.74) is 9.48. The topological polar surface area (TPSA) is 67.6 Å². The molecule has 3 rings (SSSR count). The van der Waals surface area contributed by atoms with Crippen LogP contribution in [0.4, 0.5) is 17.1 Å². The molecule has 0 bridgehead atoms. The van der Waals surface area contributed by atoms with Crippen LogP contribution in [0.2, 0.25) is 0 Å². The summed E-state index contributed by atoms with van der Waals surface area (Å²) in [7, 11) is 0. The van der Waals surface area contributed by atoms with E-state index in [9.17, 15) is 4.79 Å². The molecule has 5 nitrogen and oxygen atoms in total. The third kappa shape index (κ3) is 3.87. The van der Waals surface area contributed by atoms with Crippen LogP contribution in [0.1, 0.15) is 25.8 Å². The van der Waals surface area contributed by atoms with Gasteiger partial charge in [0, 0.05) is 11.4 Å². The van der Waals surface area contributed by atoms with Gasteiger partial charge < -0.3 is 20.7 Å². The number of benzene rings is 2. The van der Waals surface area contributed by atoms with E-state index >= 15 is 0 Å². The SMILES string of the molecule is CCc1ccccc1NC(=O)CN1CC(CC)Oc2ccc(N)cc21. The van der Waals surface area contributed by atoms with Gasteiger partial charge in [0.05, 0.1) is 18.8 Å². The Bertz CT molecular complexity index is 760. The van der Waals surface area contributed by atoms with Gasteiger partial charge >= 0.3 is 0 Å². The number of aryl methyl sites for hydroxylation is 1. The molecule has 1 aliphatic heterocycles. The first-order valence-electron chi connectivity index (χ1n) is 8.79. The molecule has 1 unspecified atom stereocenters. The van der Waals surface area contributed by atoms with Crippen LogP contribution in [0.25, 0.3) is 0 Å². The first kappa shape index (κ1) is 17.1. The summed E-state index contributed by atoms with van der Waals surface area (Å²) in [6.45, 7) is 5.12. The molecule has 0 spiro atoms. The molecule has 2 aromatic rings. The van der Waals surface area contributed by atoms with Gasteiger partial charge in [-0.25, -0.2) is 0 Å². The zero-order valence-corrected chi connectivity index (χ0v) is 14.8. The van der Waals surface area contributed by atoms with E-state index in [0.29, 0.717) is 12.2 Å². The van der Waals surface area contributed by atoms with Crippen molar-refractivity contribution in [2.24, 2.45) is 0 Å². The first-order valence-corrected chi connectivity index (χ1v) is 8.79. The fourth-order valence-electron chi connectivity index (χ4n) is 3.12. The first-order chi connectivity index (χ1) is 12.1. The number of rotatable bonds is 5. The van der Waals surface area contributed by atoms with Crippen molar-refractivity contribution in [3.63, 3.8) is 0 Å². The molecule has 3 N–H and O–H groups in total. The van der Waals surface area contributed by atoms with Gasteiger partial charge in [0.2, 0.25) is 5.91 Å². The van der Waals surface area contributed by atoms with Crippen LogP contribution in [-0.4, -0.2) is 25.1 Å². The Morgan fingerprint density at radius 2 is 2.08 bits per heavy atom. The molecular weight excluding hydrogens is 314 g/mol. The highest BCUT2D eigenvalue weighted by atomic mass is 16.5. The fraction of sp³-hybridized carbons (Fsp3) is 0.350. The molecule has 1 atom stereocenters. The Balaban J connectivity index is 1.77. The van der Waals surface area contributed by atoms with Gasteiger partial charge in [-0.3, -0.25) is 4.79 Å². The molecule has 0 fully saturated rings. The van der Waals surface area contributed by atoms with Gasteiger partial charge in [-0.2, -0.15) is 0 Å². The average Bonchev–Trinajstić information content (AvgIpc) is 2.62. The van der Waals surface area contributed by atoms with Gasteiger partial charge in [0.25, 0.3) is 0 Å². The van der Waals surface area contributed by atoms with E-state index in [1.165, 1.54) is 0 Å². The lowest BCUT2D eigenvalue weighted by Gasteiger charge is -2.35. The van der Waals surface area contributed by atoms with Crippen molar-refractivity contribution in [3.8, 4) is 5.75 Å². The molecule has 0 aliphatic carbocycles. The van der Waals surface area contributed by atoms with Crippen LogP contribution in [0.15, 0.2) is 42.5 Å². The number of nitrogens with two attached hydrogens (primary N) is 1. The Hall–Kier alpha value is -2.69. The Kier molecular flexibility index (Phi) is 5.12. The number of para-hydroxylation sites is 1. The number of fused-ring (bicyclic) bond motifs is 1. The van der Waals surface area contributed by atoms with Crippen molar-refractivity contribution < 1.29 is 9.53 Å². The van der Waals surface area contributed by atoms with Crippen LogP contribution in [-0.2, 0) is 11.2 Å². The summed E-state index contributed by atoms with van der Waals surface area (Å²) < 4.78 is 5.97. The Morgan fingerprint density at radius 1 is 1.28 bits per heavy atom. The maximum atomic E-state index is 12.6. The summed E-state index contributed by atoms with van der Waals surface area (Å²) in [5.74, 6) is 0.750. The predicted molar refractivity (Wildman–Crippen MR) is 102 cm³/mol. The fourth-order valence-corrected chi connectivity index (χ4v) is 3.12. The predicted octanol–water partition coefficient (Wildman–Crippen LogP) is 3.45. The number of amides is 1. The van der Waals surface area contributed by atoms with E-state index in [1.54, 1.807) is 0 Å². The van der Waals surface area contributed by atoms with Crippen molar-refractivity contribution in [2.75, 3.05) is 29.0 Å². The summed E-state index contributed by atoms with van der Waals surface area (Å²) in [6.07, 6.45) is 1.85. The Morgan fingerprint density at radius 3 is 2.84 bits per heavy atom. The van der Waals surface area contributed by atoms with Crippen molar-refractivity contribution in [2.45, 2.75) is 32.8 Å². The lowest BCUT2D eigenvalue weighted by atomic mass is 10.1. The van der Waals surface area contributed by atoms with Gasteiger partial charge in [0.1, 0.15) is 11.9 Å². The van der Waals surface area contributed by atoms with E-state index in [4.69, 9.17) is 10.5 Å². The number of nitrogens with zero attached hydrogens (tertiary/aromatic N) is 1. The smallest absolute Gasteiger partial charge is 0.243 e. The van der Waals surface area contributed by atoms with Gasteiger partial charge in [-0.15, -0.1) is 0 Å².